The summed E-state index contributed by atoms with van der Waals surface area (Å²) >= 11 is 0. The van der Waals surface area contributed by atoms with Crippen molar-refractivity contribution in [1.82, 2.24) is 5.32 Å². The van der Waals surface area contributed by atoms with Crippen molar-refractivity contribution < 1.29 is 13.2 Å². The van der Waals surface area contributed by atoms with Crippen molar-refractivity contribution >= 4 is 21.6 Å². The molecule has 0 aromatic heterocycles. The zero-order valence-corrected chi connectivity index (χ0v) is 18.4. The SMILES string of the molecule is Cc1ccc([C@@H](C)NC(=O)c2ccc(C)c(NS(=O)(=O)c3ccccc3)c2)cc1C. The highest BCUT2D eigenvalue weighted by molar-refractivity contribution is 7.92. The molecule has 1 amide bonds. The number of carbonyl (C=O) groups excluding carboxylic acids is 1. The van der Waals surface area contributed by atoms with E-state index in [4.69, 9.17) is 0 Å². The summed E-state index contributed by atoms with van der Waals surface area (Å²) < 4.78 is 27.9. The summed E-state index contributed by atoms with van der Waals surface area (Å²) in [7, 11) is -3.73. The van der Waals surface area contributed by atoms with E-state index in [1.54, 1.807) is 43.3 Å². The molecule has 0 radical (unpaired) electrons. The lowest BCUT2D eigenvalue weighted by molar-refractivity contribution is 0.0940. The number of anilines is 1. The predicted molar refractivity (Wildman–Crippen MR) is 120 cm³/mol. The largest absolute Gasteiger partial charge is 0.346 e. The van der Waals surface area contributed by atoms with E-state index in [-0.39, 0.29) is 16.8 Å². The predicted octanol–water partition coefficient (Wildman–Crippen LogP) is 4.90. The number of carbonyl (C=O) groups is 1. The highest BCUT2D eigenvalue weighted by Crippen LogP contribution is 2.22. The lowest BCUT2D eigenvalue weighted by Gasteiger charge is -2.17. The van der Waals surface area contributed by atoms with Gasteiger partial charge in [-0.25, -0.2) is 8.42 Å². The molecule has 0 aliphatic rings. The first kappa shape index (κ1) is 21.6. The van der Waals surface area contributed by atoms with Gasteiger partial charge in [-0.15, -0.1) is 0 Å². The fraction of sp³-hybridized carbons (Fsp3) is 0.208. The Balaban J connectivity index is 1.80. The molecule has 1 atom stereocenters. The van der Waals surface area contributed by atoms with Crippen LogP contribution in [0.25, 0.3) is 0 Å². The summed E-state index contributed by atoms with van der Waals surface area (Å²) in [5.41, 5.74) is 4.89. The maximum atomic E-state index is 12.8. The average Bonchev–Trinajstić information content (AvgIpc) is 2.72. The Labute approximate surface area is 178 Å². The van der Waals surface area contributed by atoms with E-state index in [1.807, 2.05) is 32.9 Å². The first-order chi connectivity index (χ1) is 14.2. The third-order valence-electron chi connectivity index (χ3n) is 5.18. The standard InChI is InChI=1S/C24H26N2O3S/c1-16-10-12-20(14-18(16)3)19(4)25-24(27)21-13-11-17(2)23(15-21)26-30(28,29)22-8-6-5-7-9-22/h5-15,19,26H,1-4H3,(H,25,27)/t19-/m1/s1. The lowest BCUT2D eigenvalue weighted by Crippen LogP contribution is -2.27. The van der Waals surface area contributed by atoms with Crippen molar-refractivity contribution in [2.45, 2.75) is 38.6 Å². The fourth-order valence-electron chi connectivity index (χ4n) is 3.07. The Bertz CT molecular complexity index is 1170. The summed E-state index contributed by atoms with van der Waals surface area (Å²) in [5.74, 6) is -0.263. The molecule has 3 rings (SSSR count). The molecule has 0 bridgehead atoms. The van der Waals surface area contributed by atoms with Crippen LogP contribution in [0.4, 0.5) is 5.69 Å². The number of benzene rings is 3. The van der Waals surface area contributed by atoms with Gasteiger partial charge in [0.05, 0.1) is 16.6 Å². The molecule has 0 aliphatic heterocycles. The molecule has 30 heavy (non-hydrogen) atoms. The number of aryl methyl sites for hydroxylation is 3. The minimum absolute atomic E-state index is 0.169. The number of sulfonamides is 1. The van der Waals surface area contributed by atoms with Crippen LogP contribution in [0.5, 0.6) is 0 Å². The second-order valence-electron chi connectivity index (χ2n) is 7.49. The van der Waals surface area contributed by atoms with Crippen molar-refractivity contribution in [2.24, 2.45) is 0 Å². The third-order valence-corrected chi connectivity index (χ3v) is 6.56. The molecule has 0 spiro atoms. The first-order valence-electron chi connectivity index (χ1n) is 9.74. The monoisotopic (exact) mass is 422 g/mol. The average molecular weight is 423 g/mol. The van der Waals surface area contributed by atoms with Gasteiger partial charge in [-0.05, 0) is 74.2 Å². The summed E-state index contributed by atoms with van der Waals surface area (Å²) in [5, 5.41) is 2.98. The minimum Gasteiger partial charge on any atom is -0.346 e. The van der Waals surface area contributed by atoms with Gasteiger partial charge in [0, 0.05) is 5.56 Å². The van der Waals surface area contributed by atoms with E-state index in [1.165, 1.54) is 23.3 Å². The number of hydrogen-bond acceptors (Lipinski definition) is 3. The van der Waals surface area contributed by atoms with Gasteiger partial charge >= 0.3 is 0 Å². The van der Waals surface area contributed by atoms with Crippen LogP contribution >= 0.6 is 0 Å². The van der Waals surface area contributed by atoms with E-state index < -0.39 is 10.0 Å². The summed E-state index contributed by atoms with van der Waals surface area (Å²) in [6.45, 7) is 7.81. The Morgan fingerprint density at radius 2 is 1.50 bits per heavy atom. The molecule has 0 saturated carbocycles. The van der Waals surface area contributed by atoms with Crippen molar-refractivity contribution in [3.05, 3.63) is 94.5 Å². The highest BCUT2D eigenvalue weighted by atomic mass is 32.2. The molecule has 0 aliphatic carbocycles. The van der Waals surface area contributed by atoms with Crippen molar-refractivity contribution in [3.8, 4) is 0 Å². The topological polar surface area (TPSA) is 75.3 Å². The maximum Gasteiger partial charge on any atom is 0.261 e. The summed E-state index contributed by atoms with van der Waals surface area (Å²) in [6.07, 6.45) is 0. The van der Waals surface area contributed by atoms with Gasteiger partial charge in [-0.2, -0.15) is 0 Å². The Morgan fingerprint density at radius 3 is 2.17 bits per heavy atom. The Morgan fingerprint density at radius 1 is 0.833 bits per heavy atom. The van der Waals surface area contributed by atoms with Crippen LogP contribution in [-0.2, 0) is 10.0 Å². The zero-order valence-electron chi connectivity index (χ0n) is 17.6. The molecule has 3 aromatic carbocycles. The van der Waals surface area contributed by atoms with E-state index >= 15 is 0 Å². The van der Waals surface area contributed by atoms with Crippen LogP contribution in [0.3, 0.4) is 0 Å². The van der Waals surface area contributed by atoms with Crippen LogP contribution in [0.1, 0.15) is 45.6 Å². The van der Waals surface area contributed by atoms with Crippen molar-refractivity contribution in [2.75, 3.05) is 4.72 Å². The van der Waals surface area contributed by atoms with Crippen LogP contribution in [0, 0.1) is 20.8 Å². The molecule has 3 aromatic rings. The van der Waals surface area contributed by atoms with Gasteiger partial charge in [-0.1, -0.05) is 42.5 Å². The highest BCUT2D eigenvalue weighted by Gasteiger charge is 2.17. The van der Waals surface area contributed by atoms with Crippen LogP contribution < -0.4 is 10.0 Å². The molecule has 0 saturated heterocycles. The van der Waals surface area contributed by atoms with Gasteiger partial charge in [0.1, 0.15) is 0 Å². The second kappa shape index (κ2) is 8.71. The van der Waals surface area contributed by atoms with Gasteiger partial charge in [-0.3, -0.25) is 9.52 Å². The van der Waals surface area contributed by atoms with E-state index in [9.17, 15) is 13.2 Å². The normalized spacial score (nSPS) is 12.3. The second-order valence-corrected chi connectivity index (χ2v) is 9.17. The Kier molecular flexibility index (Phi) is 6.27. The van der Waals surface area contributed by atoms with Crippen molar-refractivity contribution in [3.63, 3.8) is 0 Å². The molecular formula is C24H26N2O3S. The molecule has 5 nitrogen and oxygen atoms in total. The van der Waals surface area contributed by atoms with E-state index in [2.05, 4.69) is 16.1 Å². The molecule has 156 valence electrons. The molecular weight excluding hydrogens is 396 g/mol. The smallest absolute Gasteiger partial charge is 0.261 e. The number of nitrogens with one attached hydrogen (secondary N) is 2. The lowest BCUT2D eigenvalue weighted by atomic mass is 10.0. The van der Waals surface area contributed by atoms with E-state index in [0.717, 1.165) is 11.1 Å². The van der Waals surface area contributed by atoms with Gasteiger partial charge < -0.3 is 5.32 Å². The molecule has 0 fully saturated rings. The number of amides is 1. The van der Waals surface area contributed by atoms with Crippen molar-refractivity contribution in [1.29, 1.82) is 0 Å². The van der Waals surface area contributed by atoms with Gasteiger partial charge in [0.25, 0.3) is 15.9 Å². The summed E-state index contributed by atoms with van der Waals surface area (Å²) in [4.78, 5) is 13.0. The fourth-order valence-corrected chi connectivity index (χ4v) is 4.22. The molecule has 6 heteroatoms. The number of rotatable bonds is 6. The van der Waals surface area contributed by atoms with Crippen LogP contribution in [0.2, 0.25) is 0 Å². The van der Waals surface area contributed by atoms with Gasteiger partial charge in [0.15, 0.2) is 0 Å². The molecule has 0 heterocycles. The molecule has 0 unspecified atom stereocenters. The number of hydrogen-bond donors (Lipinski definition) is 2. The van der Waals surface area contributed by atoms with Crippen LogP contribution in [-0.4, -0.2) is 14.3 Å². The zero-order chi connectivity index (χ0) is 21.9. The maximum absolute atomic E-state index is 12.8. The van der Waals surface area contributed by atoms with E-state index in [0.29, 0.717) is 11.3 Å². The van der Waals surface area contributed by atoms with Crippen LogP contribution in [0.15, 0.2) is 71.6 Å². The van der Waals surface area contributed by atoms with Gasteiger partial charge in [0.2, 0.25) is 0 Å². The Hall–Kier alpha value is -3.12. The minimum atomic E-state index is -3.73. The molecule has 2 N–H and O–H groups in total. The quantitative estimate of drug-likeness (QED) is 0.593. The first-order valence-corrected chi connectivity index (χ1v) is 11.2. The third kappa shape index (κ3) is 4.89. The summed E-state index contributed by atoms with van der Waals surface area (Å²) in [6, 6.07) is 19.1.